The summed E-state index contributed by atoms with van der Waals surface area (Å²) in [5, 5.41) is 5.12. The number of hydrogen-bond acceptors (Lipinski definition) is 5. The van der Waals surface area contributed by atoms with Gasteiger partial charge in [0.15, 0.2) is 0 Å². The summed E-state index contributed by atoms with van der Waals surface area (Å²) in [4.78, 5) is 33.0. The van der Waals surface area contributed by atoms with Crippen LogP contribution in [0.25, 0.3) is 17.0 Å². The van der Waals surface area contributed by atoms with E-state index in [2.05, 4.69) is 20.6 Å². The van der Waals surface area contributed by atoms with Gasteiger partial charge in [0.1, 0.15) is 0 Å². The van der Waals surface area contributed by atoms with Gasteiger partial charge in [0.25, 0.3) is 0 Å². The fraction of sp³-hybridized carbons (Fsp3) is 0.333. The van der Waals surface area contributed by atoms with Crippen molar-refractivity contribution in [3.63, 3.8) is 0 Å². The fourth-order valence-corrected chi connectivity index (χ4v) is 3.57. The molecule has 2 aromatic heterocycles. The molecule has 0 bridgehead atoms. The molecule has 186 valence electrons. The Morgan fingerprint density at radius 3 is 2.43 bits per heavy atom. The van der Waals surface area contributed by atoms with E-state index in [1.165, 1.54) is 28.8 Å². The van der Waals surface area contributed by atoms with Gasteiger partial charge in [-0.3, -0.25) is 9.72 Å². The molecule has 4 rings (SSSR count). The van der Waals surface area contributed by atoms with Gasteiger partial charge < -0.3 is 15.0 Å². The maximum atomic E-state index is 13.4. The monoisotopic (exact) mass is 514 g/mol. The molecular formula is C21H19ClF4N6O3. The van der Waals surface area contributed by atoms with Gasteiger partial charge in [-0.1, -0.05) is 11.6 Å². The number of nitrogens with one attached hydrogen (secondary N) is 2. The fourth-order valence-electron chi connectivity index (χ4n) is 3.35. The maximum Gasteiger partial charge on any atom is 0.411 e. The predicted molar refractivity (Wildman–Crippen MR) is 119 cm³/mol. The Morgan fingerprint density at radius 2 is 1.77 bits per heavy atom. The number of hydrogen-bond donors (Lipinski definition) is 2. The lowest BCUT2D eigenvalue weighted by Crippen LogP contribution is -2.38. The number of aromatic nitrogens is 3. The first kappa shape index (κ1) is 24.5. The molecule has 3 aromatic rings. The van der Waals surface area contributed by atoms with Gasteiger partial charge >= 0.3 is 24.0 Å². The van der Waals surface area contributed by atoms with Crippen LogP contribution in [0.5, 0.6) is 0 Å². The standard InChI is InChI=1S/C21H19ClF4N6O3/c1-11(2)35-19(34)29-13-6-27-17-30-16(8-31(17)7-13)14-5-12(3-4-15(14)22)28-18(33)32-9-20(23,24)21(25,26)10-32/h3-8,11H,9-10H2,1-2H3,(H,28,33)(H,29,34). The second-order valence-corrected chi connectivity index (χ2v) is 8.55. The van der Waals surface area contributed by atoms with Gasteiger partial charge in [0, 0.05) is 23.6 Å². The predicted octanol–water partition coefficient (Wildman–Crippen LogP) is 5.12. The average Bonchev–Trinajstić information content (AvgIpc) is 3.25. The third-order valence-electron chi connectivity index (χ3n) is 4.99. The second-order valence-electron chi connectivity index (χ2n) is 8.14. The van der Waals surface area contributed by atoms with Crippen molar-refractivity contribution in [3.05, 3.63) is 41.8 Å². The molecule has 0 unspecified atom stereocenters. The lowest BCUT2D eigenvalue weighted by molar-refractivity contribution is -0.172. The maximum absolute atomic E-state index is 13.4. The van der Waals surface area contributed by atoms with Gasteiger partial charge in [-0.25, -0.2) is 19.6 Å². The molecule has 0 saturated carbocycles. The topological polar surface area (TPSA) is 101 Å². The molecular weight excluding hydrogens is 496 g/mol. The number of amides is 3. The molecule has 0 spiro atoms. The van der Waals surface area contributed by atoms with Crippen LogP contribution in [0.4, 0.5) is 38.5 Å². The van der Waals surface area contributed by atoms with Gasteiger partial charge in [-0.2, -0.15) is 17.6 Å². The summed E-state index contributed by atoms with van der Waals surface area (Å²) >= 11 is 6.28. The van der Waals surface area contributed by atoms with Crippen molar-refractivity contribution in [1.29, 1.82) is 0 Å². The van der Waals surface area contributed by atoms with Crippen LogP contribution in [0.2, 0.25) is 5.02 Å². The van der Waals surface area contributed by atoms with Crippen LogP contribution in [0.15, 0.2) is 36.8 Å². The number of urea groups is 1. The summed E-state index contributed by atoms with van der Waals surface area (Å²) in [6.07, 6.45) is 3.54. The third-order valence-corrected chi connectivity index (χ3v) is 5.32. The molecule has 1 saturated heterocycles. The molecule has 9 nitrogen and oxygen atoms in total. The molecule has 1 aliphatic heterocycles. The van der Waals surface area contributed by atoms with Crippen molar-refractivity contribution in [1.82, 2.24) is 19.3 Å². The van der Waals surface area contributed by atoms with E-state index in [4.69, 9.17) is 16.3 Å². The number of rotatable bonds is 4. The van der Waals surface area contributed by atoms with Crippen LogP contribution in [0, 0.1) is 0 Å². The first-order chi connectivity index (χ1) is 16.3. The Kier molecular flexibility index (Phi) is 6.21. The van der Waals surface area contributed by atoms with Crippen LogP contribution in [0.3, 0.4) is 0 Å². The molecule has 1 aliphatic rings. The summed E-state index contributed by atoms with van der Waals surface area (Å²) in [5.74, 6) is -8.34. The van der Waals surface area contributed by atoms with Crippen LogP contribution >= 0.6 is 11.6 Å². The molecule has 0 atom stereocenters. The lowest BCUT2D eigenvalue weighted by atomic mass is 10.1. The first-order valence-electron chi connectivity index (χ1n) is 10.3. The lowest BCUT2D eigenvalue weighted by Gasteiger charge is -2.16. The van der Waals surface area contributed by atoms with E-state index in [-0.39, 0.29) is 22.6 Å². The normalized spacial score (nSPS) is 16.5. The van der Waals surface area contributed by atoms with E-state index in [1.807, 2.05) is 0 Å². The quantitative estimate of drug-likeness (QED) is 0.470. The number of benzene rings is 1. The minimum Gasteiger partial charge on any atom is -0.447 e. The van der Waals surface area contributed by atoms with E-state index in [0.29, 0.717) is 21.8 Å². The summed E-state index contributed by atoms with van der Waals surface area (Å²) in [6.45, 7) is 0.620. The molecule has 0 aliphatic carbocycles. The van der Waals surface area contributed by atoms with Crippen molar-refractivity contribution in [2.45, 2.75) is 31.8 Å². The average molecular weight is 515 g/mol. The van der Waals surface area contributed by atoms with Crippen molar-refractivity contribution in [2.24, 2.45) is 0 Å². The minimum atomic E-state index is -4.31. The van der Waals surface area contributed by atoms with Crippen LogP contribution in [0.1, 0.15) is 13.8 Å². The second kappa shape index (κ2) is 8.87. The Balaban J connectivity index is 1.54. The minimum absolute atomic E-state index is 0.136. The molecule has 3 heterocycles. The number of fused-ring (bicyclic) bond motifs is 1. The zero-order chi connectivity index (χ0) is 25.5. The number of carbonyl (C=O) groups is 2. The van der Waals surface area contributed by atoms with E-state index < -0.39 is 37.1 Å². The first-order valence-corrected chi connectivity index (χ1v) is 10.7. The SMILES string of the molecule is CC(C)OC(=O)Nc1cnc2nc(-c3cc(NC(=O)N4CC(F)(F)C(F)(F)C4)ccc3Cl)cn2c1. The number of halogens is 5. The number of imidazole rings is 1. The zero-order valence-corrected chi connectivity index (χ0v) is 19.1. The summed E-state index contributed by atoms with van der Waals surface area (Å²) in [7, 11) is 0. The van der Waals surface area contributed by atoms with Crippen molar-refractivity contribution in [2.75, 3.05) is 23.7 Å². The van der Waals surface area contributed by atoms with Gasteiger partial charge in [0.05, 0.1) is 41.8 Å². The van der Waals surface area contributed by atoms with Gasteiger partial charge in [-0.15, -0.1) is 0 Å². The number of carbonyl (C=O) groups excluding carboxylic acids is 2. The van der Waals surface area contributed by atoms with Crippen molar-refractivity contribution < 1.29 is 31.9 Å². The van der Waals surface area contributed by atoms with Crippen LogP contribution in [-0.2, 0) is 4.74 Å². The molecule has 3 amide bonds. The highest BCUT2D eigenvalue weighted by atomic mass is 35.5. The van der Waals surface area contributed by atoms with Crippen LogP contribution in [-0.4, -0.2) is 62.4 Å². The molecule has 2 N–H and O–H groups in total. The number of anilines is 2. The molecule has 1 fully saturated rings. The Bertz CT molecular complexity index is 1280. The van der Waals surface area contributed by atoms with Gasteiger partial charge in [0.2, 0.25) is 5.78 Å². The Labute approximate surface area is 201 Å². The number of likely N-dealkylation sites (tertiary alicyclic amines) is 1. The highest BCUT2D eigenvalue weighted by molar-refractivity contribution is 6.33. The molecule has 0 radical (unpaired) electrons. The van der Waals surface area contributed by atoms with Crippen LogP contribution < -0.4 is 10.6 Å². The van der Waals surface area contributed by atoms with E-state index in [1.54, 1.807) is 26.2 Å². The Hall–Kier alpha value is -3.61. The summed E-state index contributed by atoms with van der Waals surface area (Å²) in [6, 6.07) is 3.15. The number of nitrogens with zero attached hydrogens (tertiary/aromatic N) is 4. The van der Waals surface area contributed by atoms with E-state index in [9.17, 15) is 27.2 Å². The highest BCUT2D eigenvalue weighted by Crippen LogP contribution is 2.41. The zero-order valence-electron chi connectivity index (χ0n) is 18.4. The van der Waals surface area contributed by atoms with E-state index in [0.717, 1.165) is 0 Å². The summed E-state index contributed by atoms with van der Waals surface area (Å²) in [5.41, 5.74) is 1.19. The Morgan fingerprint density at radius 1 is 1.09 bits per heavy atom. The summed E-state index contributed by atoms with van der Waals surface area (Å²) < 4.78 is 60.3. The highest BCUT2D eigenvalue weighted by Gasteiger charge is 2.63. The third kappa shape index (κ3) is 5.09. The largest absolute Gasteiger partial charge is 0.447 e. The van der Waals surface area contributed by atoms with Crippen molar-refractivity contribution in [3.8, 4) is 11.3 Å². The number of ether oxygens (including phenoxy) is 1. The van der Waals surface area contributed by atoms with E-state index >= 15 is 0 Å². The smallest absolute Gasteiger partial charge is 0.411 e. The molecule has 14 heteroatoms. The number of alkyl halides is 4. The van der Waals surface area contributed by atoms with Crippen molar-refractivity contribution >= 4 is 40.9 Å². The van der Waals surface area contributed by atoms with Gasteiger partial charge in [-0.05, 0) is 32.0 Å². The molecule has 35 heavy (non-hydrogen) atoms. The molecule has 1 aromatic carbocycles.